The molecule has 20 heavy (non-hydrogen) atoms. The lowest BCUT2D eigenvalue weighted by Gasteiger charge is -2.07. The molecule has 0 radical (unpaired) electrons. The van der Waals surface area contributed by atoms with E-state index in [4.69, 9.17) is 11.6 Å². The van der Waals surface area contributed by atoms with Crippen molar-refractivity contribution in [2.45, 2.75) is 6.54 Å². The lowest BCUT2D eigenvalue weighted by Crippen LogP contribution is -2.23. The van der Waals surface area contributed by atoms with Crippen molar-refractivity contribution in [2.24, 2.45) is 0 Å². The molecule has 2 N–H and O–H groups in total. The van der Waals surface area contributed by atoms with Crippen molar-refractivity contribution in [3.63, 3.8) is 0 Å². The summed E-state index contributed by atoms with van der Waals surface area (Å²) >= 11 is 5.68. The average Bonchev–Trinajstić information content (AvgIpc) is 2.48. The van der Waals surface area contributed by atoms with Crippen LogP contribution in [0, 0.1) is 5.82 Å². The van der Waals surface area contributed by atoms with Crippen molar-refractivity contribution < 1.29 is 9.18 Å². The van der Waals surface area contributed by atoms with Crippen molar-refractivity contribution in [3.8, 4) is 0 Å². The summed E-state index contributed by atoms with van der Waals surface area (Å²) in [7, 11) is 1.76. The Hall–Kier alpha value is -2.14. The Kier molecular flexibility index (Phi) is 4.53. The van der Waals surface area contributed by atoms with Gasteiger partial charge in [-0.05, 0) is 29.8 Å². The summed E-state index contributed by atoms with van der Waals surface area (Å²) in [5, 5.41) is 5.67. The molecule has 1 aromatic heterocycles. The number of amides is 1. The van der Waals surface area contributed by atoms with Gasteiger partial charge in [0.1, 0.15) is 11.5 Å². The number of hydrogen-bond donors (Lipinski definition) is 2. The van der Waals surface area contributed by atoms with Gasteiger partial charge in [0, 0.05) is 25.5 Å². The number of halogens is 2. The van der Waals surface area contributed by atoms with Crippen LogP contribution in [0.15, 0.2) is 36.5 Å². The molecule has 0 bridgehead atoms. The fourth-order valence-corrected chi connectivity index (χ4v) is 1.84. The Morgan fingerprint density at radius 3 is 2.85 bits per heavy atom. The summed E-state index contributed by atoms with van der Waals surface area (Å²) in [6, 6.07) is 7.72. The van der Waals surface area contributed by atoms with Gasteiger partial charge in [-0.25, -0.2) is 4.39 Å². The molecule has 0 atom stereocenters. The van der Waals surface area contributed by atoms with E-state index in [1.165, 1.54) is 12.1 Å². The number of hydrogen-bond acceptors (Lipinski definition) is 3. The molecule has 0 fully saturated rings. The zero-order valence-electron chi connectivity index (χ0n) is 10.8. The van der Waals surface area contributed by atoms with E-state index in [1.54, 1.807) is 31.4 Å². The van der Waals surface area contributed by atoms with Gasteiger partial charge in [-0.1, -0.05) is 17.7 Å². The summed E-state index contributed by atoms with van der Waals surface area (Å²) in [6.07, 6.45) is 1.55. The van der Waals surface area contributed by atoms with Gasteiger partial charge in [0.15, 0.2) is 0 Å². The summed E-state index contributed by atoms with van der Waals surface area (Å²) in [5.41, 5.74) is 1.83. The number of rotatable bonds is 4. The van der Waals surface area contributed by atoms with E-state index in [-0.39, 0.29) is 17.5 Å². The predicted molar refractivity (Wildman–Crippen MR) is 76.4 cm³/mol. The van der Waals surface area contributed by atoms with Gasteiger partial charge in [0.25, 0.3) is 5.91 Å². The van der Waals surface area contributed by atoms with Crippen LogP contribution in [0.25, 0.3) is 0 Å². The van der Waals surface area contributed by atoms with Crippen LogP contribution in [0.1, 0.15) is 16.1 Å². The molecule has 2 aromatic rings. The number of nitrogens with one attached hydrogen (secondary N) is 2. The van der Waals surface area contributed by atoms with E-state index in [9.17, 15) is 9.18 Å². The van der Waals surface area contributed by atoms with Gasteiger partial charge < -0.3 is 10.6 Å². The van der Waals surface area contributed by atoms with Crippen LogP contribution in [-0.2, 0) is 6.54 Å². The van der Waals surface area contributed by atoms with E-state index in [0.29, 0.717) is 5.69 Å². The van der Waals surface area contributed by atoms with Gasteiger partial charge in [0.05, 0.1) is 5.02 Å². The fraction of sp³-hybridized carbons (Fsp3) is 0.143. The normalized spacial score (nSPS) is 10.2. The minimum absolute atomic E-state index is 0.0343. The highest BCUT2D eigenvalue weighted by Gasteiger charge is 2.08. The highest BCUT2D eigenvalue weighted by atomic mass is 35.5. The Morgan fingerprint density at radius 2 is 2.15 bits per heavy atom. The Morgan fingerprint density at radius 1 is 1.35 bits per heavy atom. The third-order valence-corrected chi connectivity index (χ3v) is 3.01. The molecular formula is C14H13ClFN3O. The lowest BCUT2D eigenvalue weighted by molar-refractivity contribution is 0.0946. The first kappa shape index (κ1) is 14.3. The van der Waals surface area contributed by atoms with Gasteiger partial charge >= 0.3 is 0 Å². The van der Waals surface area contributed by atoms with E-state index in [0.717, 1.165) is 11.3 Å². The van der Waals surface area contributed by atoms with Crippen molar-refractivity contribution in [2.75, 3.05) is 12.4 Å². The molecule has 1 aromatic carbocycles. The minimum atomic E-state index is -0.481. The predicted octanol–water partition coefficient (Wildman–Crippen LogP) is 2.85. The number of anilines is 1. The first-order chi connectivity index (χ1) is 9.60. The van der Waals surface area contributed by atoms with E-state index in [1.807, 2.05) is 0 Å². The van der Waals surface area contributed by atoms with Gasteiger partial charge in [0.2, 0.25) is 0 Å². The molecule has 0 aliphatic rings. The number of carbonyl (C=O) groups is 1. The van der Waals surface area contributed by atoms with Crippen molar-refractivity contribution in [3.05, 3.63) is 58.6 Å². The zero-order valence-corrected chi connectivity index (χ0v) is 11.5. The molecule has 2 rings (SSSR count). The maximum Gasteiger partial charge on any atom is 0.270 e. The first-order valence-electron chi connectivity index (χ1n) is 5.96. The molecular weight excluding hydrogens is 281 g/mol. The molecule has 0 aliphatic carbocycles. The first-order valence-corrected chi connectivity index (χ1v) is 6.34. The number of carbonyl (C=O) groups excluding carboxylic acids is 1. The molecule has 0 spiro atoms. The third kappa shape index (κ3) is 3.45. The Balaban J connectivity index is 2.02. The number of pyridine rings is 1. The van der Waals surface area contributed by atoms with Crippen molar-refractivity contribution in [1.29, 1.82) is 0 Å². The standard InChI is InChI=1S/C14H13ClFN3O/c1-17-10-4-5-18-13(7-10)14(20)19-8-9-2-3-12(16)11(15)6-9/h2-7H,8H2,1H3,(H,17,18)(H,19,20). The average molecular weight is 294 g/mol. The van der Waals surface area contributed by atoms with Crippen molar-refractivity contribution in [1.82, 2.24) is 10.3 Å². The third-order valence-electron chi connectivity index (χ3n) is 2.72. The number of nitrogens with zero attached hydrogens (tertiary/aromatic N) is 1. The number of benzene rings is 1. The maximum absolute atomic E-state index is 13.0. The molecule has 0 saturated carbocycles. The van der Waals surface area contributed by atoms with E-state index >= 15 is 0 Å². The van der Waals surface area contributed by atoms with Crippen LogP contribution >= 0.6 is 11.6 Å². The van der Waals surface area contributed by atoms with Crippen LogP contribution in [0.4, 0.5) is 10.1 Å². The Labute approximate surface area is 121 Å². The largest absolute Gasteiger partial charge is 0.388 e. The monoisotopic (exact) mass is 293 g/mol. The summed E-state index contributed by atoms with van der Waals surface area (Å²) in [5.74, 6) is -0.785. The second-order valence-electron chi connectivity index (χ2n) is 4.11. The molecule has 1 heterocycles. The quantitative estimate of drug-likeness (QED) is 0.911. The molecule has 104 valence electrons. The van der Waals surface area contributed by atoms with Crippen LogP contribution in [0.2, 0.25) is 5.02 Å². The lowest BCUT2D eigenvalue weighted by atomic mass is 10.2. The second kappa shape index (κ2) is 6.34. The summed E-state index contributed by atoms with van der Waals surface area (Å²) in [6.45, 7) is 0.254. The van der Waals surface area contributed by atoms with Gasteiger partial charge in [-0.3, -0.25) is 9.78 Å². The molecule has 0 unspecified atom stereocenters. The minimum Gasteiger partial charge on any atom is -0.388 e. The molecule has 6 heteroatoms. The van der Waals surface area contributed by atoms with Gasteiger partial charge in [-0.15, -0.1) is 0 Å². The van der Waals surface area contributed by atoms with E-state index < -0.39 is 5.82 Å². The topological polar surface area (TPSA) is 54.0 Å². The van der Waals surface area contributed by atoms with Crippen LogP contribution in [0.5, 0.6) is 0 Å². The van der Waals surface area contributed by atoms with Crippen LogP contribution in [0.3, 0.4) is 0 Å². The van der Waals surface area contributed by atoms with E-state index in [2.05, 4.69) is 15.6 Å². The SMILES string of the molecule is CNc1ccnc(C(=O)NCc2ccc(F)c(Cl)c2)c1. The van der Waals surface area contributed by atoms with Crippen LogP contribution in [-0.4, -0.2) is 17.9 Å². The maximum atomic E-state index is 13.0. The molecule has 1 amide bonds. The van der Waals surface area contributed by atoms with Crippen LogP contribution < -0.4 is 10.6 Å². The Bertz CT molecular complexity index is 634. The summed E-state index contributed by atoms with van der Waals surface area (Å²) in [4.78, 5) is 15.9. The van der Waals surface area contributed by atoms with Gasteiger partial charge in [-0.2, -0.15) is 0 Å². The highest BCUT2D eigenvalue weighted by Crippen LogP contribution is 2.16. The highest BCUT2D eigenvalue weighted by molar-refractivity contribution is 6.30. The van der Waals surface area contributed by atoms with Crippen molar-refractivity contribution >= 4 is 23.2 Å². The fourth-order valence-electron chi connectivity index (χ4n) is 1.63. The zero-order chi connectivity index (χ0) is 14.5. The molecule has 0 aliphatic heterocycles. The molecule has 0 saturated heterocycles. The smallest absolute Gasteiger partial charge is 0.270 e. The summed E-state index contributed by atoms with van der Waals surface area (Å²) < 4.78 is 13.0. The number of aromatic nitrogens is 1. The second-order valence-corrected chi connectivity index (χ2v) is 4.52. The molecule has 4 nitrogen and oxygen atoms in total.